The molecule has 9 nitrogen and oxygen atoms in total. The molecule has 0 spiro atoms. The highest BCUT2D eigenvalue weighted by atomic mass is 35.5. The van der Waals surface area contributed by atoms with E-state index in [2.05, 4.69) is 4.98 Å². The minimum atomic E-state index is -3.96. The Bertz CT molecular complexity index is 1000. The maximum absolute atomic E-state index is 12.9. The Morgan fingerprint density at radius 1 is 1.41 bits per heavy atom. The summed E-state index contributed by atoms with van der Waals surface area (Å²) in [5, 5.41) is 17.7. The minimum absolute atomic E-state index is 0. The lowest BCUT2D eigenvalue weighted by atomic mass is 10.1. The Morgan fingerprint density at radius 2 is 2.11 bits per heavy atom. The number of anilines is 1. The molecule has 1 aromatic carbocycles. The van der Waals surface area contributed by atoms with Crippen molar-refractivity contribution in [3.8, 4) is 0 Å². The first kappa shape index (κ1) is 21.2. The number of sulfonamides is 1. The first-order chi connectivity index (χ1) is 12.2. The second-order valence-electron chi connectivity index (χ2n) is 5.82. The fraction of sp³-hybridized carbons (Fsp3) is 0.267. The number of benzene rings is 1. The van der Waals surface area contributed by atoms with E-state index in [1.807, 2.05) is 0 Å². The zero-order valence-electron chi connectivity index (χ0n) is 13.9. The van der Waals surface area contributed by atoms with E-state index in [1.54, 1.807) is 0 Å². The van der Waals surface area contributed by atoms with E-state index >= 15 is 0 Å². The first-order valence-corrected chi connectivity index (χ1v) is 9.43. The lowest BCUT2D eigenvalue weighted by molar-refractivity contribution is -0.140. The van der Waals surface area contributed by atoms with Gasteiger partial charge in [-0.3, -0.25) is 15.2 Å². The standard InChI is InChI=1S/C15H16ClN5O4S.ClH/c16-21(15(17)18)13-8-19-7-9-6-10(3-4-11(9)13)26(24,25)20-5-1-2-12(20)14(22)23;/h3-4,6-8,12H,1-2,5H2,(H3,17,18)(H,22,23);1H/t12-;/m0./s1. The molecule has 1 fully saturated rings. The van der Waals surface area contributed by atoms with Gasteiger partial charge >= 0.3 is 5.97 Å². The van der Waals surface area contributed by atoms with Crippen LogP contribution < -0.4 is 10.2 Å². The molecular weight excluding hydrogens is 417 g/mol. The van der Waals surface area contributed by atoms with Crippen LogP contribution in [0.1, 0.15) is 12.8 Å². The molecule has 1 saturated heterocycles. The lowest BCUT2D eigenvalue weighted by Gasteiger charge is -2.21. The van der Waals surface area contributed by atoms with E-state index < -0.39 is 28.0 Å². The molecule has 0 radical (unpaired) electrons. The number of nitrogens with two attached hydrogens (primary N) is 1. The van der Waals surface area contributed by atoms with E-state index in [-0.39, 0.29) is 30.3 Å². The molecule has 1 aliphatic rings. The minimum Gasteiger partial charge on any atom is -0.480 e. The Morgan fingerprint density at radius 3 is 2.74 bits per heavy atom. The quantitative estimate of drug-likeness (QED) is 0.378. The van der Waals surface area contributed by atoms with Crippen molar-refractivity contribution in [3.63, 3.8) is 0 Å². The number of carbonyl (C=O) groups is 1. The molecule has 0 bridgehead atoms. The van der Waals surface area contributed by atoms with Crippen molar-refractivity contribution < 1.29 is 18.3 Å². The van der Waals surface area contributed by atoms with Gasteiger partial charge in [-0.2, -0.15) is 4.31 Å². The van der Waals surface area contributed by atoms with Crippen LogP contribution in [0, 0.1) is 5.41 Å². The van der Waals surface area contributed by atoms with Gasteiger partial charge in [0.15, 0.2) is 0 Å². The third kappa shape index (κ3) is 3.79. The van der Waals surface area contributed by atoms with Crippen molar-refractivity contribution in [2.24, 2.45) is 5.73 Å². The number of halogens is 2. The monoisotopic (exact) mass is 433 g/mol. The number of guanidine groups is 1. The van der Waals surface area contributed by atoms with Crippen LogP contribution in [0.2, 0.25) is 0 Å². The van der Waals surface area contributed by atoms with Gasteiger partial charge in [-0.1, -0.05) is 6.07 Å². The van der Waals surface area contributed by atoms with E-state index in [1.165, 1.54) is 30.6 Å². The number of nitrogens with zero attached hydrogens (tertiary/aromatic N) is 3. The van der Waals surface area contributed by atoms with Crippen molar-refractivity contribution in [2.75, 3.05) is 11.0 Å². The molecule has 0 saturated carbocycles. The molecule has 1 aliphatic heterocycles. The summed E-state index contributed by atoms with van der Waals surface area (Å²) in [5.41, 5.74) is 5.71. The molecule has 2 aromatic rings. The molecule has 12 heteroatoms. The molecule has 1 aromatic heterocycles. The smallest absolute Gasteiger partial charge is 0.322 e. The highest BCUT2D eigenvalue weighted by molar-refractivity contribution is 7.89. The summed E-state index contributed by atoms with van der Waals surface area (Å²) in [6, 6.07) is 3.26. The van der Waals surface area contributed by atoms with Crippen LogP contribution in [-0.2, 0) is 14.8 Å². The largest absolute Gasteiger partial charge is 0.480 e. The number of carboxylic acids is 1. The lowest BCUT2D eigenvalue weighted by Crippen LogP contribution is -2.40. The number of aromatic nitrogens is 1. The summed E-state index contributed by atoms with van der Waals surface area (Å²) < 4.78 is 27.7. The van der Waals surface area contributed by atoms with Crippen molar-refractivity contribution in [1.82, 2.24) is 9.29 Å². The van der Waals surface area contributed by atoms with Crippen LogP contribution in [0.15, 0.2) is 35.5 Å². The van der Waals surface area contributed by atoms with Gasteiger partial charge in [-0.25, -0.2) is 12.8 Å². The van der Waals surface area contributed by atoms with Gasteiger partial charge in [-0.05, 0) is 25.0 Å². The number of aliphatic carboxylic acids is 1. The van der Waals surface area contributed by atoms with Gasteiger partial charge in [-0.15, -0.1) is 12.4 Å². The number of pyridine rings is 1. The third-order valence-electron chi connectivity index (χ3n) is 4.23. The van der Waals surface area contributed by atoms with Crippen LogP contribution >= 0.6 is 24.2 Å². The Kier molecular flexibility index (Phi) is 6.15. The first-order valence-electron chi connectivity index (χ1n) is 7.66. The molecule has 1 atom stereocenters. The molecule has 146 valence electrons. The van der Waals surface area contributed by atoms with Gasteiger partial charge < -0.3 is 10.8 Å². The van der Waals surface area contributed by atoms with Gasteiger partial charge in [0.05, 0.1) is 16.8 Å². The summed E-state index contributed by atoms with van der Waals surface area (Å²) in [7, 11) is -3.96. The van der Waals surface area contributed by atoms with Crippen molar-refractivity contribution in [1.29, 1.82) is 5.41 Å². The fourth-order valence-electron chi connectivity index (χ4n) is 3.00. The summed E-state index contributed by atoms with van der Waals surface area (Å²) in [5.74, 6) is -1.56. The van der Waals surface area contributed by atoms with Crippen LogP contribution in [0.3, 0.4) is 0 Å². The molecule has 2 heterocycles. The van der Waals surface area contributed by atoms with E-state index in [0.29, 0.717) is 22.9 Å². The molecule has 27 heavy (non-hydrogen) atoms. The Balaban J connectivity index is 0.00000261. The predicted molar refractivity (Wildman–Crippen MR) is 104 cm³/mol. The highest BCUT2D eigenvalue weighted by Gasteiger charge is 2.39. The van der Waals surface area contributed by atoms with Crippen molar-refractivity contribution in [2.45, 2.75) is 23.8 Å². The molecule has 0 amide bonds. The molecule has 0 aliphatic carbocycles. The van der Waals surface area contributed by atoms with Crippen LogP contribution in [0.25, 0.3) is 10.8 Å². The SMILES string of the molecule is Cl.N=C(N)N(Cl)c1cncc2cc(S(=O)(=O)N3CCC[C@H]3C(=O)O)ccc12. The maximum atomic E-state index is 12.9. The Hall–Kier alpha value is -2.14. The van der Waals surface area contributed by atoms with Crippen molar-refractivity contribution >= 4 is 62.6 Å². The molecule has 4 N–H and O–H groups in total. The van der Waals surface area contributed by atoms with E-state index in [4.69, 9.17) is 22.9 Å². The fourth-order valence-corrected chi connectivity index (χ4v) is 4.82. The second-order valence-corrected chi connectivity index (χ2v) is 8.05. The zero-order chi connectivity index (χ0) is 19.1. The number of hydrogen-bond donors (Lipinski definition) is 3. The van der Waals surface area contributed by atoms with Gasteiger partial charge in [0.1, 0.15) is 6.04 Å². The zero-order valence-corrected chi connectivity index (χ0v) is 16.3. The average Bonchev–Trinajstić information content (AvgIpc) is 3.11. The van der Waals surface area contributed by atoms with E-state index in [0.717, 1.165) is 8.72 Å². The molecule has 0 unspecified atom stereocenters. The summed E-state index contributed by atoms with van der Waals surface area (Å²) in [6.07, 6.45) is 3.65. The number of fused-ring (bicyclic) bond motifs is 1. The average molecular weight is 434 g/mol. The maximum Gasteiger partial charge on any atom is 0.322 e. The highest BCUT2D eigenvalue weighted by Crippen LogP contribution is 2.31. The third-order valence-corrected chi connectivity index (χ3v) is 6.50. The number of carboxylic acid groups (broad SMARTS) is 1. The second kappa shape index (κ2) is 7.85. The van der Waals surface area contributed by atoms with Gasteiger partial charge in [0.25, 0.3) is 0 Å². The van der Waals surface area contributed by atoms with Gasteiger partial charge in [0.2, 0.25) is 16.0 Å². The summed E-state index contributed by atoms with van der Waals surface area (Å²) in [6.45, 7) is 0.162. The van der Waals surface area contributed by atoms with Gasteiger partial charge in [0, 0.05) is 35.3 Å². The molecular formula is C15H17Cl2N5O4S. The normalized spacial score (nSPS) is 17.4. The summed E-state index contributed by atoms with van der Waals surface area (Å²) in [4.78, 5) is 15.3. The Labute approximate surface area is 166 Å². The van der Waals surface area contributed by atoms with E-state index in [9.17, 15) is 18.3 Å². The number of hydrogen-bond acceptors (Lipinski definition) is 5. The number of rotatable bonds is 4. The number of nitrogens with one attached hydrogen (secondary N) is 1. The van der Waals surface area contributed by atoms with Crippen LogP contribution in [-0.4, -0.2) is 47.3 Å². The van der Waals surface area contributed by atoms with Crippen LogP contribution in [0.4, 0.5) is 5.69 Å². The topological polar surface area (TPSA) is 141 Å². The van der Waals surface area contributed by atoms with Crippen LogP contribution in [0.5, 0.6) is 0 Å². The van der Waals surface area contributed by atoms with Crippen molar-refractivity contribution in [3.05, 3.63) is 30.6 Å². The predicted octanol–water partition coefficient (Wildman–Crippen LogP) is 1.75. The molecule has 3 rings (SSSR count). The summed E-state index contributed by atoms with van der Waals surface area (Å²) >= 11 is 5.96.